The van der Waals surface area contributed by atoms with Gasteiger partial charge in [0.1, 0.15) is 0 Å². The van der Waals surface area contributed by atoms with Crippen LogP contribution in [0.5, 0.6) is 0 Å². The molecule has 0 aliphatic carbocycles. The van der Waals surface area contributed by atoms with E-state index in [0.29, 0.717) is 34.6 Å². The zero-order valence-corrected chi connectivity index (χ0v) is 22.4. The Morgan fingerprint density at radius 3 is 2.38 bits per heavy atom. The van der Waals surface area contributed by atoms with Crippen LogP contribution in [0.2, 0.25) is 15.1 Å². The Labute approximate surface area is 217 Å². The first-order valence-corrected chi connectivity index (χ1v) is 14.2. The van der Waals surface area contributed by atoms with E-state index in [1.807, 2.05) is 30.3 Å². The Balaban J connectivity index is 1.69. The van der Waals surface area contributed by atoms with Crippen molar-refractivity contribution in [2.75, 3.05) is 32.9 Å². The highest BCUT2D eigenvalue weighted by atomic mass is 35.5. The Morgan fingerprint density at radius 2 is 1.76 bits per heavy atom. The Hall–Kier alpha value is -1.35. The predicted molar refractivity (Wildman–Crippen MR) is 139 cm³/mol. The summed E-state index contributed by atoms with van der Waals surface area (Å²) in [6.45, 7) is 2.65. The average Bonchev–Trinajstić information content (AvgIpc) is 2.77. The fourth-order valence-electron chi connectivity index (χ4n) is 4.28. The van der Waals surface area contributed by atoms with Gasteiger partial charge in [-0.05, 0) is 68.2 Å². The number of likely N-dealkylation sites (tertiary alicyclic amines) is 1. The topological polar surface area (TPSA) is 69.7 Å². The number of hydrogen-bond acceptors (Lipinski definition) is 4. The van der Waals surface area contributed by atoms with Crippen LogP contribution in [0.4, 0.5) is 0 Å². The second-order valence-corrected chi connectivity index (χ2v) is 11.8. The molecule has 1 fully saturated rings. The maximum absolute atomic E-state index is 13.5. The summed E-state index contributed by atoms with van der Waals surface area (Å²) < 4.78 is 25.7. The molecular weight excluding hydrogens is 517 g/mol. The van der Waals surface area contributed by atoms with Crippen LogP contribution in [0.1, 0.15) is 36.3 Å². The van der Waals surface area contributed by atoms with Crippen molar-refractivity contribution in [1.82, 2.24) is 14.5 Å². The van der Waals surface area contributed by atoms with Gasteiger partial charge in [0.05, 0.1) is 22.2 Å². The Bertz CT molecular complexity index is 1110. The van der Waals surface area contributed by atoms with Gasteiger partial charge in [-0.3, -0.25) is 4.79 Å². The Kier molecular flexibility index (Phi) is 9.66. The minimum atomic E-state index is -3.21. The van der Waals surface area contributed by atoms with Crippen molar-refractivity contribution in [1.29, 1.82) is 0 Å². The zero-order chi connectivity index (χ0) is 24.9. The van der Waals surface area contributed by atoms with Crippen molar-refractivity contribution in [3.63, 3.8) is 0 Å². The fourth-order valence-corrected chi connectivity index (χ4v) is 5.62. The maximum Gasteiger partial charge on any atom is 0.230 e. The molecule has 2 aromatic rings. The van der Waals surface area contributed by atoms with Crippen LogP contribution in [0, 0.1) is 0 Å². The molecule has 2 aromatic carbocycles. The molecule has 1 aliphatic rings. The molecule has 0 aromatic heterocycles. The van der Waals surface area contributed by atoms with Crippen molar-refractivity contribution in [2.24, 2.45) is 0 Å². The summed E-state index contributed by atoms with van der Waals surface area (Å²) in [6.07, 6.45) is 3.27. The zero-order valence-electron chi connectivity index (χ0n) is 19.3. The van der Waals surface area contributed by atoms with E-state index >= 15 is 0 Å². The van der Waals surface area contributed by atoms with Crippen LogP contribution in [0.25, 0.3) is 0 Å². The molecule has 1 unspecified atom stereocenters. The monoisotopic (exact) mass is 545 g/mol. The molecular formula is C24H30Cl3N3O3S. The highest BCUT2D eigenvalue weighted by molar-refractivity contribution is 7.88. The SMILES string of the molecule is CN(Cc1ccccc1Cl)C(=O)C(CCN1CCC(NS(C)(=O)=O)CC1)c1ccc(Cl)c(Cl)c1. The van der Waals surface area contributed by atoms with Gasteiger partial charge < -0.3 is 9.80 Å². The number of likely N-dealkylation sites (N-methyl/N-ethyl adjacent to an activating group) is 1. The number of rotatable bonds is 9. The van der Waals surface area contributed by atoms with Gasteiger partial charge in [-0.15, -0.1) is 0 Å². The first kappa shape index (κ1) is 27.2. The number of halogens is 3. The number of hydrogen-bond donors (Lipinski definition) is 1. The van der Waals surface area contributed by atoms with Gasteiger partial charge in [0.2, 0.25) is 15.9 Å². The van der Waals surface area contributed by atoms with Crippen LogP contribution in [0.3, 0.4) is 0 Å². The molecule has 0 saturated carbocycles. The lowest BCUT2D eigenvalue weighted by Gasteiger charge is -2.33. The van der Waals surface area contributed by atoms with E-state index in [2.05, 4.69) is 9.62 Å². The number of nitrogens with zero attached hydrogens (tertiary/aromatic N) is 2. The lowest BCUT2D eigenvalue weighted by Crippen LogP contribution is -2.45. The quantitative estimate of drug-likeness (QED) is 0.491. The largest absolute Gasteiger partial charge is 0.341 e. The van der Waals surface area contributed by atoms with Crippen LogP contribution < -0.4 is 4.72 Å². The van der Waals surface area contributed by atoms with Gasteiger partial charge >= 0.3 is 0 Å². The number of amides is 1. The summed E-state index contributed by atoms with van der Waals surface area (Å²) in [5, 5.41) is 1.48. The van der Waals surface area contributed by atoms with Gasteiger partial charge in [0.15, 0.2) is 0 Å². The molecule has 1 heterocycles. The van der Waals surface area contributed by atoms with Crippen molar-refractivity contribution in [2.45, 2.75) is 37.8 Å². The van der Waals surface area contributed by atoms with Crippen LogP contribution in [0.15, 0.2) is 42.5 Å². The minimum absolute atomic E-state index is 0.0214. The molecule has 0 radical (unpaired) electrons. The molecule has 34 heavy (non-hydrogen) atoms. The number of carbonyl (C=O) groups excluding carboxylic acids is 1. The van der Waals surface area contributed by atoms with E-state index in [1.165, 1.54) is 6.26 Å². The summed E-state index contributed by atoms with van der Waals surface area (Å²) in [5.41, 5.74) is 1.70. The van der Waals surface area contributed by atoms with E-state index < -0.39 is 15.9 Å². The third-order valence-electron chi connectivity index (χ3n) is 6.09. The molecule has 3 rings (SSSR count). The molecule has 10 heteroatoms. The van der Waals surface area contributed by atoms with Crippen molar-refractivity contribution >= 4 is 50.7 Å². The van der Waals surface area contributed by atoms with Gasteiger partial charge in [-0.25, -0.2) is 13.1 Å². The van der Waals surface area contributed by atoms with E-state index in [-0.39, 0.29) is 11.9 Å². The van der Waals surface area contributed by atoms with Crippen LogP contribution in [-0.2, 0) is 21.4 Å². The Morgan fingerprint density at radius 1 is 1.09 bits per heavy atom. The number of nitrogens with one attached hydrogen (secondary N) is 1. The van der Waals surface area contributed by atoms with E-state index in [9.17, 15) is 13.2 Å². The predicted octanol–water partition coefficient (Wildman–Crippen LogP) is 4.79. The second kappa shape index (κ2) is 12.1. The summed E-state index contributed by atoms with van der Waals surface area (Å²) >= 11 is 18.7. The highest BCUT2D eigenvalue weighted by Gasteiger charge is 2.27. The van der Waals surface area contributed by atoms with E-state index in [1.54, 1.807) is 24.1 Å². The number of benzene rings is 2. The van der Waals surface area contributed by atoms with Gasteiger partial charge in [0, 0.05) is 24.7 Å². The van der Waals surface area contributed by atoms with Crippen molar-refractivity contribution < 1.29 is 13.2 Å². The molecule has 186 valence electrons. The van der Waals surface area contributed by atoms with Crippen LogP contribution in [-0.4, -0.2) is 63.1 Å². The lowest BCUT2D eigenvalue weighted by atomic mass is 9.93. The third-order valence-corrected chi connectivity index (χ3v) is 7.96. The van der Waals surface area contributed by atoms with E-state index in [0.717, 1.165) is 37.1 Å². The molecule has 0 spiro atoms. The number of piperidine rings is 1. The molecule has 6 nitrogen and oxygen atoms in total. The normalized spacial score (nSPS) is 16.4. The molecule has 1 aliphatic heterocycles. The van der Waals surface area contributed by atoms with Gasteiger partial charge in [-0.1, -0.05) is 59.1 Å². The third kappa shape index (κ3) is 7.83. The maximum atomic E-state index is 13.5. The molecule has 0 bridgehead atoms. The van der Waals surface area contributed by atoms with Crippen molar-refractivity contribution in [3.8, 4) is 0 Å². The van der Waals surface area contributed by atoms with Gasteiger partial charge in [0.25, 0.3) is 0 Å². The average molecular weight is 547 g/mol. The minimum Gasteiger partial charge on any atom is -0.341 e. The highest BCUT2D eigenvalue weighted by Crippen LogP contribution is 2.30. The molecule has 1 saturated heterocycles. The number of sulfonamides is 1. The van der Waals surface area contributed by atoms with Gasteiger partial charge in [-0.2, -0.15) is 0 Å². The smallest absolute Gasteiger partial charge is 0.230 e. The molecule has 1 atom stereocenters. The van der Waals surface area contributed by atoms with Crippen molar-refractivity contribution in [3.05, 3.63) is 68.7 Å². The van der Waals surface area contributed by atoms with Crippen LogP contribution >= 0.6 is 34.8 Å². The second-order valence-electron chi connectivity index (χ2n) is 8.81. The molecule has 1 amide bonds. The first-order valence-electron chi connectivity index (χ1n) is 11.2. The number of carbonyl (C=O) groups is 1. The lowest BCUT2D eigenvalue weighted by molar-refractivity contribution is -0.132. The summed E-state index contributed by atoms with van der Waals surface area (Å²) in [6, 6.07) is 12.8. The standard InChI is InChI=1S/C24H30Cl3N3O3S/c1-29(16-18-5-3-4-6-21(18)25)24(31)20(17-7-8-22(26)23(27)15-17)11-14-30-12-9-19(10-13-30)28-34(2,32)33/h3-8,15,19-20,28H,9-14,16H2,1-2H3. The summed E-state index contributed by atoms with van der Waals surface area (Å²) in [7, 11) is -1.44. The first-order chi connectivity index (χ1) is 16.0. The summed E-state index contributed by atoms with van der Waals surface area (Å²) in [5.74, 6) is -0.416. The molecule has 1 N–H and O–H groups in total. The fraction of sp³-hybridized carbons (Fsp3) is 0.458. The van der Waals surface area contributed by atoms with E-state index in [4.69, 9.17) is 34.8 Å². The summed E-state index contributed by atoms with van der Waals surface area (Å²) in [4.78, 5) is 17.5.